The van der Waals surface area contributed by atoms with Gasteiger partial charge in [-0.15, -0.1) is 0 Å². The maximum Gasteiger partial charge on any atom is 0.326 e. The number of rotatable bonds is 6. The first-order valence-electron chi connectivity index (χ1n) is 9.36. The number of likely N-dealkylation sites (tertiary alicyclic amines) is 1. The molecule has 3 amide bonds. The van der Waals surface area contributed by atoms with Crippen LogP contribution in [0.1, 0.15) is 31.2 Å². The number of carbonyl (C=O) groups excluding carboxylic acids is 4. The van der Waals surface area contributed by atoms with Gasteiger partial charge in [-0.2, -0.15) is 0 Å². The lowest BCUT2D eigenvalue weighted by Gasteiger charge is -2.19. The van der Waals surface area contributed by atoms with E-state index in [-0.39, 0.29) is 23.7 Å². The SMILES string of the molecule is COc1ccc(C)cc1NC(=O)COC(=O)CN1C(=O)[C@H]2CCCC[C@@H]2C1=O. The fourth-order valence-electron chi connectivity index (χ4n) is 3.81. The van der Waals surface area contributed by atoms with E-state index in [1.54, 1.807) is 12.1 Å². The molecular formula is C20H24N2O6. The molecule has 8 heteroatoms. The van der Waals surface area contributed by atoms with E-state index in [4.69, 9.17) is 9.47 Å². The standard InChI is InChI=1S/C20H24N2O6/c1-12-7-8-16(27-2)15(9-12)21-17(23)11-28-18(24)10-22-19(25)13-5-3-4-6-14(13)20(22)26/h7-9,13-14H,3-6,10-11H2,1-2H3,(H,21,23)/t13-,14-/m0/s1. The summed E-state index contributed by atoms with van der Waals surface area (Å²) in [6.45, 7) is 0.904. The zero-order valence-corrected chi connectivity index (χ0v) is 16.0. The number of benzene rings is 1. The predicted molar refractivity (Wildman–Crippen MR) is 99.5 cm³/mol. The van der Waals surface area contributed by atoms with Gasteiger partial charge in [-0.25, -0.2) is 0 Å². The molecule has 0 aromatic heterocycles. The Morgan fingerprint density at radius 2 is 1.79 bits per heavy atom. The van der Waals surface area contributed by atoms with Crippen LogP contribution in [0.25, 0.3) is 0 Å². The Labute approximate surface area is 163 Å². The number of nitrogens with one attached hydrogen (secondary N) is 1. The molecule has 1 aromatic carbocycles. The minimum Gasteiger partial charge on any atom is -0.495 e. The summed E-state index contributed by atoms with van der Waals surface area (Å²) in [7, 11) is 1.49. The van der Waals surface area contributed by atoms with Crippen molar-refractivity contribution >= 4 is 29.4 Å². The molecule has 1 N–H and O–H groups in total. The fraction of sp³-hybridized carbons (Fsp3) is 0.500. The maximum absolute atomic E-state index is 12.4. The van der Waals surface area contributed by atoms with Gasteiger partial charge in [0.15, 0.2) is 6.61 Å². The number of hydrogen-bond acceptors (Lipinski definition) is 6. The van der Waals surface area contributed by atoms with E-state index < -0.39 is 25.0 Å². The molecule has 0 radical (unpaired) electrons. The molecule has 2 fully saturated rings. The number of fused-ring (bicyclic) bond motifs is 1. The third-order valence-electron chi connectivity index (χ3n) is 5.21. The molecule has 28 heavy (non-hydrogen) atoms. The van der Waals surface area contributed by atoms with Crippen molar-refractivity contribution in [2.45, 2.75) is 32.6 Å². The lowest BCUT2D eigenvalue weighted by molar-refractivity contribution is -0.154. The van der Waals surface area contributed by atoms with Crippen LogP contribution in [0.5, 0.6) is 5.75 Å². The van der Waals surface area contributed by atoms with Gasteiger partial charge in [0.1, 0.15) is 12.3 Å². The highest BCUT2D eigenvalue weighted by molar-refractivity contribution is 6.07. The molecule has 3 rings (SSSR count). The average molecular weight is 388 g/mol. The van der Waals surface area contributed by atoms with Crippen molar-refractivity contribution in [1.29, 1.82) is 0 Å². The van der Waals surface area contributed by atoms with Crippen LogP contribution < -0.4 is 10.1 Å². The number of hydrogen-bond donors (Lipinski definition) is 1. The largest absolute Gasteiger partial charge is 0.495 e. The summed E-state index contributed by atoms with van der Waals surface area (Å²) in [5.41, 5.74) is 1.40. The van der Waals surface area contributed by atoms with Gasteiger partial charge in [-0.3, -0.25) is 24.1 Å². The molecule has 1 heterocycles. The minimum atomic E-state index is -0.785. The predicted octanol–water partition coefficient (Wildman–Crippen LogP) is 1.66. The van der Waals surface area contributed by atoms with E-state index in [0.717, 1.165) is 23.3 Å². The van der Waals surface area contributed by atoms with Gasteiger partial charge in [0.25, 0.3) is 5.91 Å². The number of carbonyl (C=O) groups is 4. The number of aryl methyl sites for hydroxylation is 1. The molecule has 0 unspecified atom stereocenters. The third-order valence-corrected chi connectivity index (χ3v) is 5.21. The van der Waals surface area contributed by atoms with Gasteiger partial charge in [0, 0.05) is 0 Å². The summed E-state index contributed by atoms with van der Waals surface area (Å²) >= 11 is 0. The van der Waals surface area contributed by atoms with Crippen molar-refractivity contribution < 1.29 is 28.7 Å². The Morgan fingerprint density at radius 3 is 2.39 bits per heavy atom. The van der Waals surface area contributed by atoms with E-state index in [9.17, 15) is 19.2 Å². The topological polar surface area (TPSA) is 102 Å². The highest BCUT2D eigenvalue weighted by Gasteiger charge is 2.48. The zero-order valence-electron chi connectivity index (χ0n) is 16.0. The Hall–Kier alpha value is -2.90. The van der Waals surface area contributed by atoms with Gasteiger partial charge in [-0.1, -0.05) is 18.9 Å². The smallest absolute Gasteiger partial charge is 0.326 e. The first kappa shape index (κ1) is 19.9. The molecule has 1 saturated heterocycles. The van der Waals surface area contributed by atoms with Crippen LogP contribution in [0.4, 0.5) is 5.69 Å². The molecule has 150 valence electrons. The maximum atomic E-state index is 12.4. The fourth-order valence-corrected chi connectivity index (χ4v) is 3.81. The van der Waals surface area contributed by atoms with Gasteiger partial charge in [0.05, 0.1) is 24.6 Å². The first-order chi connectivity index (χ1) is 13.4. The lowest BCUT2D eigenvalue weighted by Crippen LogP contribution is -2.37. The van der Waals surface area contributed by atoms with E-state index in [2.05, 4.69) is 5.32 Å². The number of amides is 3. The van der Waals surface area contributed by atoms with E-state index in [1.807, 2.05) is 13.0 Å². The Balaban J connectivity index is 1.52. The second kappa shape index (κ2) is 8.41. The van der Waals surface area contributed by atoms with Gasteiger partial charge < -0.3 is 14.8 Å². The van der Waals surface area contributed by atoms with Crippen LogP contribution in [0.2, 0.25) is 0 Å². The van der Waals surface area contributed by atoms with Gasteiger partial charge >= 0.3 is 5.97 Å². The molecule has 8 nitrogen and oxygen atoms in total. The Kier molecular flexibility index (Phi) is 5.96. The first-order valence-corrected chi connectivity index (χ1v) is 9.36. The molecule has 2 aliphatic rings. The normalized spacial score (nSPS) is 21.3. The molecule has 2 atom stereocenters. The van der Waals surface area contributed by atoms with E-state index >= 15 is 0 Å². The second-order valence-corrected chi connectivity index (χ2v) is 7.17. The van der Waals surface area contributed by atoms with Crippen molar-refractivity contribution in [2.24, 2.45) is 11.8 Å². The monoisotopic (exact) mass is 388 g/mol. The molecule has 1 saturated carbocycles. The number of imide groups is 1. The van der Waals surface area contributed by atoms with Crippen LogP contribution in [0.3, 0.4) is 0 Å². The summed E-state index contributed by atoms with van der Waals surface area (Å²) < 4.78 is 10.1. The van der Waals surface area contributed by atoms with Crippen LogP contribution in [-0.4, -0.2) is 48.9 Å². The molecule has 0 spiro atoms. The molecule has 0 bridgehead atoms. The number of nitrogens with zero attached hydrogens (tertiary/aromatic N) is 1. The van der Waals surface area contributed by atoms with Gasteiger partial charge in [0.2, 0.25) is 11.8 Å². The molecule has 1 aliphatic heterocycles. The van der Waals surface area contributed by atoms with E-state index in [1.165, 1.54) is 7.11 Å². The van der Waals surface area contributed by atoms with Crippen molar-refractivity contribution in [3.63, 3.8) is 0 Å². The molecule has 1 aliphatic carbocycles. The van der Waals surface area contributed by atoms with Crippen molar-refractivity contribution in [3.8, 4) is 5.75 Å². The highest BCUT2D eigenvalue weighted by atomic mass is 16.5. The third kappa shape index (κ3) is 4.16. The van der Waals surface area contributed by atoms with Crippen LogP contribution >= 0.6 is 0 Å². The van der Waals surface area contributed by atoms with Crippen molar-refractivity contribution in [1.82, 2.24) is 4.90 Å². The molecule has 1 aromatic rings. The van der Waals surface area contributed by atoms with Crippen molar-refractivity contribution in [2.75, 3.05) is 25.6 Å². The zero-order chi connectivity index (χ0) is 20.3. The summed E-state index contributed by atoms with van der Waals surface area (Å²) in [6.07, 6.45) is 3.20. The Bertz CT molecular complexity index is 782. The van der Waals surface area contributed by atoms with Crippen LogP contribution in [0.15, 0.2) is 18.2 Å². The van der Waals surface area contributed by atoms with Crippen LogP contribution in [0, 0.1) is 18.8 Å². The van der Waals surface area contributed by atoms with Gasteiger partial charge in [-0.05, 0) is 37.5 Å². The lowest BCUT2D eigenvalue weighted by atomic mass is 9.81. The summed E-state index contributed by atoms with van der Waals surface area (Å²) in [5, 5.41) is 2.62. The highest BCUT2D eigenvalue weighted by Crippen LogP contribution is 2.37. The number of esters is 1. The van der Waals surface area contributed by atoms with Crippen molar-refractivity contribution in [3.05, 3.63) is 23.8 Å². The number of methoxy groups -OCH3 is 1. The second-order valence-electron chi connectivity index (χ2n) is 7.17. The average Bonchev–Trinajstić information content (AvgIpc) is 2.92. The van der Waals surface area contributed by atoms with Crippen LogP contribution in [-0.2, 0) is 23.9 Å². The summed E-state index contributed by atoms with van der Waals surface area (Å²) in [4.78, 5) is 49.9. The Morgan fingerprint density at radius 1 is 1.14 bits per heavy atom. The quantitative estimate of drug-likeness (QED) is 0.587. The van der Waals surface area contributed by atoms with E-state index in [0.29, 0.717) is 24.3 Å². The summed E-state index contributed by atoms with van der Waals surface area (Å²) in [6, 6.07) is 5.30. The number of ether oxygens (including phenoxy) is 2. The minimum absolute atomic E-state index is 0.305. The number of anilines is 1. The molecular weight excluding hydrogens is 364 g/mol. The summed E-state index contributed by atoms with van der Waals surface area (Å²) in [5.74, 6) is -2.07.